The van der Waals surface area contributed by atoms with Crippen molar-refractivity contribution in [2.24, 2.45) is 52.3 Å². The quantitative estimate of drug-likeness (QED) is 0.473. The van der Waals surface area contributed by atoms with Gasteiger partial charge in [0.1, 0.15) is 5.78 Å². The van der Waals surface area contributed by atoms with E-state index in [-0.39, 0.29) is 0 Å². The van der Waals surface area contributed by atoms with Crippen LogP contribution in [0.3, 0.4) is 0 Å². The third-order valence-corrected chi connectivity index (χ3v) is 10.6. The molecule has 4 saturated carbocycles. The molecule has 8 atom stereocenters. The number of hydrogen-bond acceptors (Lipinski definition) is 1. The Balaban J connectivity index is 1.51. The lowest BCUT2D eigenvalue weighted by molar-refractivity contribution is -0.156. The van der Waals surface area contributed by atoms with Crippen LogP contribution in [-0.4, -0.2) is 5.78 Å². The summed E-state index contributed by atoms with van der Waals surface area (Å²) < 4.78 is 0. The first-order valence-corrected chi connectivity index (χ1v) is 12.8. The van der Waals surface area contributed by atoms with Crippen molar-refractivity contribution in [3.05, 3.63) is 0 Å². The minimum Gasteiger partial charge on any atom is -0.299 e. The van der Waals surface area contributed by atoms with Crippen molar-refractivity contribution in [2.45, 2.75) is 112 Å². The first kappa shape index (κ1) is 20.9. The Labute approximate surface area is 174 Å². The molecule has 28 heavy (non-hydrogen) atoms. The maximum Gasteiger partial charge on any atom is 0.136 e. The lowest BCUT2D eigenvalue weighted by Gasteiger charge is -2.60. The maximum atomic E-state index is 13.4. The van der Waals surface area contributed by atoms with Crippen LogP contribution in [0.4, 0.5) is 0 Å². The molecule has 0 aromatic heterocycles. The molecule has 1 heteroatoms. The zero-order valence-corrected chi connectivity index (χ0v) is 19.4. The fourth-order valence-electron chi connectivity index (χ4n) is 8.99. The molecule has 0 amide bonds. The van der Waals surface area contributed by atoms with Gasteiger partial charge in [-0.25, -0.2) is 0 Å². The van der Waals surface area contributed by atoms with Gasteiger partial charge in [0.25, 0.3) is 0 Å². The number of rotatable bonds is 5. The standard InChI is InChI=1S/C27H46O/c1-18(2)9-8-10-19(3)21-12-13-22-25-23(14-16-27(21,22)5)26(4)15-7-6-11-20(26)17-24(25)28/h18-23,25H,6-17H2,1-5H3/t19-,20-,21+,22-,23-,25+,26+,27-/m1/s1. The Bertz CT molecular complexity index is 579. The van der Waals surface area contributed by atoms with E-state index in [1.54, 1.807) is 0 Å². The number of fused-ring (bicyclic) bond motifs is 5. The summed E-state index contributed by atoms with van der Waals surface area (Å²) in [4.78, 5) is 13.4. The van der Waals surface area contributed by atoms with Gasteiger partial charge in [-0.1, -0.05) is 66.7 Å². The number of carbonyl (C=O) groups excluding carboxylic acids is 1. The Hall–Kier alpha value is -0.330. The maximum absolute atomic E-state index is 13.4. The topological polar surface area (TPSA) is 17.1 Å². The number of Topliss-reactive ketones (excluding diaryl/α,β-unsaturated/α-hetero) is 1. The summed E-state index contributed by atoms with van der Waals surface area (Å²) in [7, 11) is 0. The Morgan fingerprint density at radius 1 is 0.893 bits per heavy atom. The van der Waals surface area contributed by atoms with Crippen LogP contribution in [0, 0.1) is 52.3 Å². The molecule has 0 aromatic rings. The summed E-state index contributed by atoms with van der Waals surface area (Å²) in [5, 5.41) is 0. The molecule has 0 aromatic carbocycles. The monoisotopic (exact) mass is 386 g/mol. The van der Waals surface area contributed by atoms with Crippen LogP contribution in [0.25, 0.3) is 0 Å². The molecule has 4 rings (SSSR count). The Morgan fingerprint density at radius 3 is 2.39 bits per heavy atom. The van der Waals surface area contributed by atoms with Crippen molar-refractivity contribution in [3.8, 4) is 0 Å². The lowest BCUT2D eigenvalue weighted by atomic mass is 9.44. The summed E-state index contributed by atoms with van der Waals surface area (Å²) in [5.41, 5.74) is 0.908. The molecule has 0 heterocycles. The molecule has 1 nitrogen and oxygen atoms in total. The van der Waals surface area contributed by atoms with E-state index in [4.69, 9.17) is 0 Å². The van der Waals surface area contributed by atoms with E-state index in [1.807, 2.05) is 0 Å². The average molecular weight is 387 g/mol. The zero-order valence-electron chi connectivity index (χ0n) is 19.4. The van der Waals surface area contributed by atoms with Gasteiger partial charge >= 0.3 is 0 Å². The molecule has 0 spiro atoms. The van der Waals surface area contributed by atoms with Gasteiger partial charge in [0, 0.05) is 12.3 Å². The van der Waals surface area contributed by atoms with E-state index in [2.05, 4.69) is 34.6 Å². The van der Waals surface area contributed by atoms with Crippen LogP contribution < -0.4 is 0 Å². The summed E-state index contributed by atoms with van der Waals surface area (Å²) in [6.07, 6.45) is 16.0. The largest absolute Gasteiger partial charge is 0.299 e. The first-order valence-electron chi connectivity index (χ1n) is 12.8. The predicted octanol–water partition coefficient (Wildman–Crippen LogP) is 7.68. The van der Waals surface area contributed by atoms with Crippen LogP contribution in [0.2, 0.25) is 0 Å². The molecular formula is C27H46O. The second kappa shape index (κ2) is 7.73. The lowest BCUT2D eigenvalue weighted by Crippen LogP contribution is -2.56. The second-order valence-corrected chi connectivity index (χ2v) is 12.4. The summed E-state index contributed by atoms with van der Waals surface area (Å²) in [5.74, 6) is 5.70. The van der Waals surface area contributed by atoms with Crippen molar-refractivity contribution >= 4 is 5.78 Å². The number of ketones is 1. The van der Waals surface area contributed by atoms with Crippen LogP contribution in [-0.2, 0) is 4.79 Å². The number of carbonyl (C=O) groups is 1. The van der Waals surface area contributed by atoms with Crippen LogP contribution >= 0.6 is 0 Å². The fraction of sp³-hybridized carbons (Fsp3) is 0.963. The fourth-order valence-corrected chi connectivity index (χ4v) is 8.99. The molecular weight excluding hydrogens is 340 g/mol. The van der Waals surface area contributed by atoms with Crippen LogP contribution in [0.1, 0.15) is 112 Å². The minimum atomic E-state index is 0.408. The summed E-state index contributed by atoms with van der Waals surface area (Å²) in [6, 6.07) is 0. The third kappa shape index (κ3) is 3.31. The summed E-state index contributed by atoms with van der Waals surface area (Å²) in [6.45, 7) is 12.4. The molecule has 4 aliphatic rings. The Kier molecular flexibility index (Phi) is 5.78. The van der Waals surface area contributed by atoms with Gasteiger partial charge in [-0.2, -0.15) is 0 Å². The van der Waals surface area contributed by atoms with Gasteiger partial charge in [0.2, 0.25) is 0 Å². The molecule has 0 unspecified atom stereocenters. The number of hydrogen-bond donors (Lipinski definition) is 0. The van der Waals surface area contributed by atoms with E-state index in [9.17, 15) is 4.79 Å². The highest BCUT2D eigenvalue weighted by atomic mass is 16.1. The zero-order chi connectivity index (χ0) is 20.1. The van der Waals surface area contributed by atoms with Crippen molar-refractivity contribution in [3.63, 3.8) is 0 Å². The van der Waals surface area contributed by atoms with Crippen molar-refractivity contribution in [1.82, 2.24) is 0 Å². The smallest absolute Gasteiger partial charge is 0.136 e. The van der Waals surface area contributed by atoms with Crippen molar-refractivity contribution in [1.29, 1.82) is 0 Å². The van der Waals surface area contributed by atoms with Gasteiger partial charge in [-0.3, -0.25) is 4.79 Å². The average Bonchev–Trinajstić information content (AvgIpc) is 2.99. The highest BCUT2D eigenvalue weighted by Crippen LogP contribution is 2.67. The minimum absolute atomic E-state index is 0.408. The molecule has 0 radical (unpaired) electrons. The SMILES string of the molecule is CC(C)CCC[C@@H](C)[C@@H]1CC[C@@H]2[C@@H]3C(=O)C[C@H]4CCCC[C@]4(C)[C@@H]3CC[C@@]21C. The van der Waals surface area contributed by atoms with Gasteiger partial charge < -0.3 is 0 Å². The van der Waals surface area contributed by atoms with Crippen molar-refractivity contribution in [2.75, 3.05) is 0 Å². The van der Waals surface area contributed by atoms with Crippen LogP contribution in [0.5, 0.6) is 0 Å². The second-order valence-electron chi connectivity index (χ2n) is 12.4. The van der Waals surface area contributed by atoms with E-state index < -0.39 is 0 Å². The van der Waals surface area contributed by atoms with E-state index in [1.165, 1.54) is 70.6 Å². The molecule has 0 aliphatic heterocycles. The van der Waals surface area contributed by atoms with E-state index in [0.717, 1.165) is 24.2 Å². The first-order chi connectivity index (χ1) is 13.3. The van der Waals surface area contributed by atoms with E-state index in [0.29, 0.717) is 40.3 Å². The normalized spacial score (nSPS) is 46.8. The van der Waals surface area contributed by atoms with Gasteiger partial charge in [0.05, 0.1) is 0 Å². The molecule has 160 valence electrons. The van der Waals surface area contributed by atoms with Gasteiger partial charge in [-0.15, -0.1) is 0 Å². The highest BCUT2D eigenvalue weighted by Gasteiger charge is 2.62. The van der Waals surface area contributed by atoms with Gasteiger partial charge in [-0.05, 0) is 84.9 Å². The van der Waals surface area contributed by atoms with E-state index >= 15 is 0 Å². The highest BCUT2D eigenvalue weighted by molar-refractivity contribution is 5.83. The third-order valence-electron chi connectivity index (χ3n) is 10.6. The van der Waals surface area contributed by atoms with Crippen molar-refractivity contribution < 1.29 is 4.79 Å². The van der Waals surface area contributed by atoms with Gasteiger partial charge in [0.15, 0.2) is 0 Å². The Morgan fingerprint density at radius 2 is 1.64 bits per heavy atom. The van der Waals surface area contributed by atoms with Crippen LogP contribution in [0.15, 0.2) is 0 Å². The predicted molar refractivity (Wildman–Crippen MR) is 118 cm³/mol. The molecule has 4 fully saturated rings. The molecule has 0 saturated heterocycles. The molecule has 0 N–H and O–H groups in total. The summed E-state index contributed by atoms with van der Waals surface area (Å²) >= 11 is 0. The molecule has 4 aliphatic carbocycles. The molecule has 0 bridgehead atoms.